The second-order valence-corrected chi connectivity index (χ2v) is 7.69. The Labute approximate surface area is 149 Å². The van der Waals surface area contributed by atoms with E-state index in [-0.39, 0.29) is 5.92 Å². The maximum atomic E-state index is 3.33. The van der Waals surface area contributed by atoms with Crippen molar-refractivity contribution < 1.29 is 0 Å². The minimum absolute atomic E-state index is 0.286. The Kier molecular flexibility index (Phi) is 5.02. The minimum Gasteiger partial charge on any atom is -0.315 e. The van der Waals surface area contributed by atoms with E-state index in [4.69, 9.17) is 0 Å². The molecule has 0 saturated heterocycles. The summed E-state index contributed by atoms with van der Waals surface area (Å²) in [6, 6.07) is 15.2. The lowest BCUT2D eigenvalue weighted by atomic mass is 10.0. The molecule has 0 saturated carbocycles. The zero-order valence-corrected chi connectivity index (χ0v) is 15.6. The molecule has 1 unspecified atom stereocenters. The summed E-state index contributed by atoms with van der Waals surface area (Å²) in [5.41, 5.74) is 6.45. The van der Waals surface area contributed by atoms with Crippen molar-refractivity contribution in [2.45, 2.75) is 32.1 Å². The van der Waals surface area contributed by atoms with Crippen LogP contribution >= 0.6 is 11.9 Å². The number of fused-ring (bicyclic) bond motifs is 2. The van der Waals surface area contributed by atoms with Crippen LogP contribution in [0.2, 0.25) is 0 Å². The molecule has 24 heavy (non-hydrogen) atoms. The highest BCUT2D eigenvalue weighted by Crippen LogP contribution is 2.37. The van der Waals surface area contributed by atoms with Crippen molar-refractivity contribution in [2.75, 3.05) is 11.4 Å². The van der Waals surface area contributed by atoms with E-state index in [0.717, 1.165) is 12.0 Å². The van der Waals surface area contributed by atoms with Gasteiger partial charge in [-0.15, -0.1) is 0 Å². The molecule has 0 aliphatic carbocycles. The van der Waals surface area contributed by atoms with Crippen LogP contribution in [0.5, 0.6) is 0 Å². The topological polar surface area (TPSA) is 3.24 Å². The molecule has 0 radical (unpaired) electrons. The Morgan fingerprint density at radius 1 is 1.17 bits per heavy atom. The fourth-order valence-corrected chi connectivity index (χ4v) is 3.98. The predicted octanol–water partition coefficient (Wildman–Crippen LogP) is 5.69. The fourth-order valence-electron chi connectivity index (χ4n) is 2.97. The number of hydrogen-bond acceptors (Lipinski definition) is 2. The highest BCUT2D eigenvalue weighted by atomic mass is 32.2. The average molecular weight is 334 g/mol. The fraction of sp³-hybridized carbons (Fsp3) is 0.273. The quantitative estimate of drug-likeness (QED) is 0.375. The van der Waals surface area contributed by atoms with E-state index in [0.29, 0.717) is 0 Å². The summed E-state index contributed by atoms with van der Waals surface area (Å²) in [6.07, 6.45) is 3.18. The first kappa shape index (κ1) is 16.7. The van der Waals surface area contributed by atoms with Gasteiger partial charge in [-0.1, -0.05) is 47.8 Å². The molecule has 1 nitrogen and oxygen atoms in total. The number of allylic oxidation sites excluding steroid dienone is 2. The standard InChI is InChI=1S/C22H23NS/c1-16(2)13-17(3)9-10-18-11-12-20-15-19-7-5-6-8-21(19)23(4)24-22(20)14-18/h5-8,11-14,17H,15H2,1-4H3. The van der Waals surface area contributed by atoms with E-state index in [1.165, 1.54) is 27.3 Å². The van der Waals surface area contributed by atoms with E-state index < -0.39 is 0 Å². The molecule has 0 bridgehead atoms. The molecule has 0 aromatic heterocycles. The number of hydrogen-bond donors (Lipinski definition) is 0. The maximum Gasteiger partial charge on any atom is 0.0505 e. The van der Waals surface area contributed by atoms with Crippen LogP contribution < -0.4 is 4.31 Å². The molecule has 0 N–H and O–H groups in total. The summed E-state index contributed by atoms with van der Waals surface area (Å²) in [7, 11) is 2.13. The summed E-state index contributed by atoms with van der Waals surface area (Å²) < 4.78 is 2.25. The third-order valence-electron chi connectivity index (χ3n) is 4.04. The first-order chi connectivity index (χ1) is 11.5. The molecule has 0 fully saturated rings. The molecule has 1 heterocycles. The van der Waals surface area contributed by atoms with Gasteiger partial charge in [-0.2, -0.15) is 0 Å². The molecule has 0 amide bonds. The van der Waals surface area contributed by atoms with E-state index in [9.17, 15) is 0 Å². The van der Waals surface area contributed by atoms with Crippen molar-refractivity contribution in [3.63, 3.8) is 0 Å². The molecular formula is C22H23NS. The second kappa shape index (κ2) is 7.20. The zero-order chi connectivity index (χ0) is 17.1. The zero-order valence-electron chi connectivity index (χ0n) is 14.8. The van der Waals surface area contributed by atoms with Gasteiger partial charge in [0.05, 0.1) is 5.69 Å². The Balaban J connectivity index is 1.89. The smallest absolute Gasteiger partial charge is 0.0505 e. The van der Waals surface area contributed by atoms with Gasteiger partial charge in [0.25, 0.3) is 0 Å². The van der Waals surface area contributed by atoms with Gasteiger partial charge in [-0.3, -0.25) is 0 Å². The van der Waals surface area contributed by atoms with Crippen molar-refractivity contribution >= 4 is 17.6 Å². The second-order valence-electron chi connectivity index (χ2n) is 6.52. The van der Waals surface area contributed by atoms with Crippen LogP contribution in [0.25, 0.3) is 0 Å². The van der Waals surface area contributed by atoms with Gasteiger partial charge >= 0.3 is 0 Å². The monoisotopic (exact) mass is 333 g/mol. The minimum atomic E-state index is 0.286. The van der Waals surface area contributed by atoms with Crippen LogP contribution in [0.3, 0.4) is 0 Å². The van der Waals surface area contributed by atoms with Crippen LogP contribution in [0, 0.1) is 17.8 Å². The molecule has 0 spiro atoms. The molecule has 3 rings (SSSR count). The summed E-state index contributed by atoms with van der Waals surface area (Å²) in [4.78, 5) is 1.30. The van der Waals surface area contributed by atoms with Gasteiger partial charge in [-0.25, -0.2) is 0 Å². The van der Waals surface area contributed by atoms with Gasteiger partial charge < -0.3 is 4.31 Å². The lowest BCUT2D eigenvalue weighted by Crippen LogP contribution is -2.06. The van der Waals surface area contributed by atoms with E-state index in [1.54, 1.807) is 11.9 Å². The number of benzene rings is 2. The molecule has 2 aromatic rings. The molecule has 2 aromatic carbocycles. The van der Waals surface area contributed by atoms with Crippen LogP contribution in [0.4, 0.5) is 5.69 Å². The van der Waals surface area contributed by atoms with E-state index >= 15 is 0 Å². The number of anilines is 1. The number of rotatable bonds is 1. The Hall–Kier alpha value is -2.11. The number of para-hydroxylation sites is 1. The SMILES string of the molecule is CC(C)=CC(C)C#Cc1ccc2c(c1)SN(C)c1ccccc1C2. The Bertz CT molecular complexity index is 835. The highest BCUT2D eigenvalue weighted by Gasteiger charge is 2.17. The summed E-state index contributed by atoms with van der Waals surface area (Å²) in [6.45, 7) is 6.37. The Morgan fingerprint density at radius 3 is 2.75 bits per heavy atom. The van der Waals surface area contributed by atoms with Crippen molar-refractivity contribution in [2.24, 2.45) is 5.92 Å². The van der Waals surface area contributed by atoms with Crippen LogP contribution in [-0.2, 0) is 6.42 Å². The summed E-state index contributed by atoms with van der Waals surface area (Å²) in [5.74, 6) is 6.95. The lowest BCUT2D eigenvalue weighted by Gasteiger charge is -2.17. The van der Waals surface area contributed by atoms with Crippen LogP contribution in [-0.4, -0.2) is 7.05 Å². The van der Waals surface area contributed by atoms with Gasteiger partial charge in [0.15, 0.2) is 0 Å². The van der Waals surface area contributed by atoms with Crippen molar-refractivity contribution in [1.29, 1.82) is 0 Å². The van der Waals surface area contributed by atoms with E-state index in [2.05, 4.69) is 92.5 Å². The molecular weight excluding hydrogens is 310 g/mol. The van der Waals surface area contributed by atoms with Gasteiger partial charge in [-0.05, 0) is 62.0 Å². The largest absolute Gasteiger partial charge is 0.315 e. The first-order valence-electron chi connectivity index (χ1n) is 8.32. The molecule has 1 aliphatic rings. The Morgan fingerprint density at radius 2 is 1.96 bits per heavy atom. The summed E-state index contributed by atoms with van der Waals surface area (Å²) >= 11 is 1.79. The third kappa shape index (κ3) is 3.86. The van der Waals surface area contributed by atoms with Crippen LogP contribution in [0.1, 0.15) is 37.5 Å². The molecule has 1 atom stereocenters. The molecule has 1 aliphatic heterocycles. The molecule has 122 valence electrons. The van der Waals surface area contributed by atoms with Gasteiger partial charge in [0.2, 0.25) is 0 Å². The average Bonchev–Trinajstić information content (AvgIpc) is 2.68. The highest BCUT2D eigenvalue weighted by molar-refractivity contribution is 8.00. The lowest BCUT2D eigenvalue weighted by molar-refractivity contribution is 0.962. The van der Waals surface area contributed by atoms with Crippen molar-refractivity contribution in [1.82, 2.24) is 0 Å². The van der Waals surface area contributed by atoms with Crippen LogP contribution in [0.15, 0.2) is 59.0 Å². The van der Waals surface area contributed by atoms with Crippen molar-refractivity contribution in [3.05, 3.63) is 70.8 Å². The third-order valence-corrected chi connectivity index (χ3v) is 5.09. The van der Waals surface area contributed by atoms with Crippen molar-refractivity contribution in [3.8, 4) is 11.8 Å². The number of nitrogens with zero attached hydrogens (tertiary/aromatic N) is 1. The predicted molar refractivity (Wildman–Crippen MR) is 105 cm³/mol. The first-order valence-corrected chi connectivity index (χ1v) is 9.09. The summed E-state index contributed by atoms with van der Waals surface area (Å²) in [5, 5.41) is 0. The molecule has 2 heteroatoms. The normalized spacial score (nSPS) is 13.8. The van der Waals surface area contributed by atoms with Gasteiger partial charge in [0, 0.05) is 29.8 Å². The maximum absolute atomic E-state index is 3.33. The van der Waals surface area contributed by atoms with Gasteiger partial charge in [0.1, 0.15) is 0 Å². The van der Waals surface area contributed by atoms with E-state index in [1.807, 2.05) is 0 Å².